The van der Waals surface area contributed by atoms with Crippen LogP contribution in [0.15, 0.2) is 42.5 Å². The highest BCUT2D eigenvalue weighted by Gasteiger charge is 2.23. The molecule has 2 N–H and O–H groups in total. The van der Waals surface area contributed by atoms with Crippen LogP contribution in [0.25, 0.3) is 0 Å². The molecule has 0 atom stereocenters. The number of ether oxygens (including phenoxy) is 1. The molecule has 1 amide bonds. The lowest BCUT2D eigenvalue weighted by Crippen LogP contribution is -2.29. The molecule has 1 aliphatic heterocycles. The van der Waals surface area contributed by atoms with Crippen LogP contribution >= 0.6 is 11.6 Å². The van der Waals surface area contributed by atoms with E-state index >= 15 is 0 Å². The SMILES string of the molecule is Nc1ccc(Cl)c(CN2C(=O)CCOc3ccccc32)c1. The summed E-state index contributed by atoms with van der Waals surface area (Å²) in [6, 6.07) is 12.8. The lowest BCUT2D eigenvalue weighted by molar-refractivity contribution is -0.118. The second-order valence-corrected chi connectivity index (χ2v) is 5.30. The minimum atomic E-state index is 0.0124. The van der Waals surface area contributed by atoms with Gasteiger partial charge in [-0.05, 0) is 35.9 Å². The third-order valence-corrected chi connectivity index (χ3v) is 3.80. The van der Waals surface area contributed by atoms with Gasteiger partial charge in [0.25, 0.3) is 0 Å². The molecule has 0 spiro atoms. The van der Waals surface area contributed by atoms with E-state index in [0.717, 1.165) is 11.3 Å². The molecular weight excluding hydrogens is 288 g/mol. The van der Waals surface area contributed by atoms with E-state index in [4.69, 9.17) is 22.1 Å². The van der Waals surface area contributed by atoms with Gasteiger partial charge in [0.2, 0.25) is 5.91 Å². The first-order valence-electron chi connectivity index (χ1n) is 6.71. The van der Waals surface area contributed by atoms with Gasteiger partial charge in [-0.15, -0.1) is 0 Å². The zero-order valence-electron chi connectivity index (χ0n) is 11.4. The third kappa shape index (κ3) is 2.81. The molecule has 0 saturated carbocycles. The van der Waals surface area contributed by atoms with Gasteiger partial charge in [0.1, 0.15) is 5.75 Å². The van der Waals surface area contributed by atoms with E-state index < -0.39 is 0 Å². The number of hydrogen-bond acceptors (Lipinski definition) is 3. The van der Waals surface area contributed by atoms with Gasteiger partial charge in [0, 0.05) is 10.7 Å². The number of fused-ring (bicyclic) bond motifs is 1. The third-order valence-electron chi connectivity index (χ3n) is 3.43. The molecule has 0 bridgehead atoms. The molecule has 3 rings (SSSR count). The van der Waals surface area contributed by atoms with Gasteiger partial charge in [-0.3, -0.25) is 4.79 Å². The van der Waals surface area contributed by atoms with Crippen LogP contribution in [-0.2, 0) is 11.3 Å². The Labute approximate surface area is 128 Å². The number of amides is 1. The summed E-state index contributed by atoms with van der Waals surface area (Å²) in [5, 5.41) is 0.597. The fourth-order valence-corrected chi connectivity index (χ4v) is 2.56. The molecule has 0 unspecified atom stereocenters. The second kappa shape index (κ2) is 5.66. The van der Waals surface area contributed by atoms with Crippen molar-refractivity contribution in [2.24, 2.45) is 0 Å². The number of nitrogen functional groups attached to an aromatic ring is 1. The Kier molecular flexibility index (Phi) is 3.71. The molecule has 0 saturated heterocycles. The summed E-state index contributed by atoms with van der Waals surface area (Å²) < 4.78 is 5.62. The standard InChI is InChI=1S/C16H15ClN2O2/c17-13-6-5-12(18)9-11(13)10-19-14-3-1-2-4-15(14)21-8-7-16(19)20/h1-6,9H,7-8,10,18H2. The number of carbonyl (C=O) groups is 1. The topological polar surface area (TPSA) is 55.6 Å². The minimum absolute atomic E-state index is 0.0124. The maximum absolute atomic E-state index is 12.3. The van der Waals surface area contributed by atoms with Crippen molar-refractivity contribution in [1.82, 2.24) is 0 Å². The maximum atomic E-state index is 12.3. The molecule has 4 nitrogen and oxygen atoms in total. The van der Waals surface area contributed by atoms with Crippen LogP contribution in [0, 0.1) is 0 Å². The Morgan fingerprint density at radius 3 is 2.90 bits per heavy atom. The highest BCUT2D eigenvalue weighted by molar-refractivity contribution is 6.31. The van der Waals surface area contributed by atoms with E-state index in [1.54, 1.807) is 23.1 Å². The van der Waals surface area contributed by atoms with Crippen molar-refractivity contribution < 1.29 is 9.53 Å². The van der Waals surface area contributed by atoms with Crippen LogP contribution in [-0.4, -0.2) is 12.5 Å². The monoisotopic (exact) mass is 302 g/mol. The van der Waals surface area contributed by atoms with E-state index in [1.165, 1.54) is 0 Å². The van der Waals surface area contributed by atoms with Crippen LogP contribution in [0.4, 0.5) is 11.4 Å². The van der Waals surface area contributed by atoms with E-state index in [-0.39, 0.29) is 5.91 Å². The normalized spacial score (nSPS) is 14.3. The number of nitrogens with two attached hydrogens (primary N) is 1. The number of para-hydroxylation sites is 2. The first-order valence-corrected chi connectivity index (χ1v) is 7.09. The van der Waals surface area contributed by atoms with E-state index in [0.29, 0.717) is 36.0 Å². The highest BCUT2D eigenvalue weighted by atomic mass is 35.5. The average molecular weight is 303 g/mol. The van der Waals surface area contributed by atoms with Crippen LogP contribution in [0.2, 0.25) is 5.02 Å². The summed E-state index contributed by atoms with van der Waals surface area (Å²) in [6.45, 7) is 0.764. The summed E-state index contributed by atoms with van der Waals surface area (Å²) in [5.74, 6) is 0.724. The van der Waals surface area contributed by atoms with Gasteiger partial charge in [-0.25, -0.2) is 0 Å². The summed E-state index contributed by atoms with van der Waals surface area (Å²) in [4.78, 5) is 14.0. The van der Waals surface area contributed by atoms with Gasteiger partial charge >= 0.3 is 0 Å². The highest BCUT2D eigenvalue weighted by Crippen LogP contribution is 2.33. The van der Waals surface area contributed by atoms with Gasteiger partial charge in [0.15, 0.2) is 0 Å². The Balaban J connectivity index is 2.00. The Hall–Kier alpha value is -2.20. The summed E-state index contributed by atoms with van der Waals surface area (Å²) in [6.07, 6.45) is 0.342. The van der Waals surface area contributed by atoms with Crippen molar-refractivity contribution in [3.05, 3.63) is 53.1 Å². The van der Waals surface area contributed by atoms with E-state index in [2.05, 4.69) is 0 Å². The molecule has 2 aromatic rings. The van der Waals surface area contributed by atoms with Gasteiger partial charge in [0.05, 0.1) is 25.3 Å². The van der Waals surface area contributed by atoms with Crippen LogP contribution in [0.3, 0.4) is 0 Å². The first kappa shape index (κ1) is 13.8. The number of anilines is 2. The first-order chi connectivity index (χ1) is 10.1. The van der Waals surface area contributed by atoms with Gasteiger partial charge in [-0.1, -0.05) is 23.7 Å². The van der Waals surface area contributed by atoms with E-state index in [9.17, 15) is 4.79 Å². The largest absolute Gasteiger partial charge is 0.491 e. The zero-order valence-corrected chi connectivity index (χ0v) is 12.1. The number of carbonyl (C=O) groups excluding carboxylic acids is 1. The van der Waals surface area contributed by atoms with Crippen molar-refractivity contribution >= 4 is 28.9 Å². The molecule has 108 valence electrons. The van der Waals surface area contributed by atoms with Crippen molar-refractivity contribution in [3.63, 3.8) is 0 Å². The van der Waals surface area contributed by atoms with Crippen molar-refractivity contribution in [2.75, 3.05) is 17.2 Å². The van der Waals surface area contributed by atoms with Crippen LogP contribution in [0.1, 0.15) is 12.0 Å². The van der Waals surface area contributed by atoms with Crippen molar-refractivity contribution in [1.29, 1.82) is 0 Å². The molecule has 0 fully saturated rings. The smallest absolute Gasteiger partial charge is 0.230 e. The van der Waals surface area contributed by atoms with Gasteiger partial charge in [-0.2, -0.15) is 0 Å². The molecule has 0 aromatic heterocycles. The molecule has 21 heavy (non-hydrogen) atoms. The lowest BCUT2D eigenvalue weighted by Gasteiger charge is -2.22. The number of rotatable bonds is 2. The summed E-state index contributed by atoms with van der Waals surface area (Å²) in [7, 11) is 0. The predicted molar refractivity (Wildman–Crippen MR) is 83.6 cm³/mol. The predicted octanol–water partition coefficient (Wildman–Crippen LogP) is 3.24. The second-order valence-electron chi connectivity index (χ2n) is 4.90. The Bertz CT molecular complexity index is 688. The molecule has 0 radical (unpaired) electrons. The fraction of sp³-hybridized carbons (Fsp3) is 0.188. The van der Waals surface area contributed by atoms with Gasteiger partial charge < -0.3 is 15.4 Å². The number of nitrogens with zero attached hydrogens (tertiary/aromatic N) is 1. The van der Waals surface area contributed by atoms with Crippen molar-refractivity contribution in [2.45, 2.75) is 13.0 Å². The molecular formula is C16H15ClN2O2. The summed E-state index contributed by atoms with van der Waals surface area (Å²) in [5.41, 5.74) is 8.02. The molecule has 0 aliphatic carbocycles. The maximum Gasteiger partial charge on any atom is 0.230 e. The molecule has 1 heterocycles. The van der Waals surface area contributed by atoms with E-state index in [1.807, 2.05) is 24.3 Å². The fourth-order valence-electron chi connectivity index (χ4n) is 2.38. The van der Waals surface area contributed by atoms with Crippen LogP contribution < -0.4 is 15.4 Å². The number of benzene rings is 2. The number of halogens is 1. The zero-order chi connectivity index (χ0) is 14.8. The minimum Gasteiger partial charge on any atom is -0.491 e. The quantitative estimate of drug-likeness (QED) is 0.867. The Morgan fingerprint density at radius 2 is 2.05 bits per heavy atom. The van der Waals surface area contributed by atoms with Crippen molar-refractivity contribution in [3.8, 4) is 5.75 Å². The summed E-state index contributed by atoms with van der Waals surface area (Å²) >= 11 is 6.21. The molecule has 2 aromatic carbocycles. The molecule has 5 heteroatoms. The Morgan fingerprint density at radius 1 is 1.24 bits per heavy atom. The molecule has 1 aliphatic rings. The van der Waals surface area contributed by atoms with Crippen LogP contribution in [0.5, 0.6) is 5.75 Å². The number of hydrogen-bond donors (Lipinski definition) is 1. The lowest BCUT2D eigenvalue weighted by atomic mass is 10.1. The average Bonchev–Trinajstić information content (AvgIpc) is 2.63.